The Morgan fingerprint density at radius 2 is 1.86 bits per heavy atom. The van der Waals surface area contributed by atoms with Gasteiger partial charge in [0.2, 0.25) is 5.91 Å². The molecule has 2 aromatic rings. The van der Waals surface area contributed by atoms with Gasteiger partial charge >= 0.3 is 0 Å². The summed E-state index contributed by atoms with van der Waals surface area (Å²) in [5.41, 5.74) is 7.53. The molecule has 0 saturated carbocycles. The minimum atomic E-state index is -0.411. The number of amides is 1. The molecule has 4 nitrogen and oxygen atoms in total. The van der Waals surface area contributed by atoms with Crippen molar-refractivity contribution in [3.05, 3.63) is 59.9 Å². The summed E-state index contributed by atoms with van der Waals surface area (Å²) in [4.78, 5) is 16.2. The van der Waals surface area contributed by atoms with Gasteiger partial charge in [0, 0.05) is 5.69 Å². The van der Waals surface area contributed by atoms with Crippen molar-refractivity contribution in [2.45, 2.75) is 25.8 Å². The van der Waals surface area contributed by atoms with E-state index in [4.69, 9.17) is 5.73 Å². The van der Waals surface area contributed by atoms with Crippen molar-refractivity contribution < 1.29 is 4.79 Å². The first-order valence-electron chi connectivity index (χ1n) is 6.54. The molecule has 1 amide bonds. The van der Waals surface area contributed by atoms with Gasteiger partial charge in [-0.05, 0) is 31.5 Å². The lowest BCUT2D eigenvalue weighted by Crippen LogP contribution is -2.41. The van der Waals surface area contributed by atoms with Gasteiger partial charge in [0.25, 0.3) is 0 Å². The zero-order valence-electron chi connectivity index (χ0n) is 12.2. The molecular formula is C16H20ClN3O. The first-order valence-corrected chi connectivity index (χ1v) is 6.54. The fraction of sp³-hybridized carbons (Fsp3) is 0.250. The summed E-state index contributed by atoms with van der Waals surface area (Å²) in [7, 11) is 0. The molecule has 0 saturated heterocycles. The lowest BCUT2D eigenvalue weighted by Gasteiger charge is -2.27. The van der Waals surface area contributed by atoms with Crippen LogP contribution in [0, 0.1) is 0 Å². The van der Waals surface area contributed by atoms with E-state index in [1.165, 1.54) is 0 Å². The summed E-state index contributed by atoms with van der Waals surface area (Å²) >= 11 is 0. The number of pyridine rings is 1. The van der Waals surface area contributed by atoms with Crippen LogP contribution in [0.1, 0.15) is 25.1 Å². The molecule has 1 aromatic heterocycles. The maximum absolute atomic E-state index is 12.1. The Morgan fingerprint density at radius 3 is 2.43 bits per heavy atom. The van der Waals surface area contributed by atoms with E-state index >= 15 is 0 Å². The highest BCUT2D eigenvalue weighted by molar-refractivity contribution is 5.85. The second kappa shape index (κ2) is 7.09. The quantitative estimate of drug-likeness (QED) is 0.912. The average molecular weight is 306 g/mol. The van der Waals surface area contributed by atoms with Crippen molar-refractivity contribution in [2.24, 2.45) is 0 Å². The molecule has 0 aliphatic carbocycles. The van der Waals surface area contributed by atoms with Gasteiger partial charge in [0.15, 0.2) is 0 Å². The average Bonchev–Trinajstić information content (AvgIpc) is 2.42. The molecule has 1 heterocycles. The lowest BCUT2D eigenvalue weighted by molar-refractivity contribution is -0.122. The minimum Gasteiger partial charge on any atom is -0.397 e. The normalized spacial score (nSPS) is 10.6. The van der Waals surface area contributed by atoms with E-state index < -0.39 is 5.54 Å². The summed E-state index contributed by atoms with van der Waals surface area (Å²) in [6.45, 7) is 3.97. The highest BCUT2D eigenvalue weighted by atomic mass is 35.5. The second-order valence-corrected chi connectivity index (χ2v) is 5.30. The number of rotatable bonds is 4. The zero-order chi connectivity index (χ0) is 14.6. The molecule has 0 radical (unpaired) electrons. The lowest BCUT2D eigenvalue weighted by atomic mass is 9.94. The van der Waals surface area contributed by atoms with Gasteiger partial charge in [-0.1, -0.05) is 30.3 Å². The van der Waals surface area contributed by atoms with E-state index in [1.807, 2.05) is 44.2 Å². The number of aromatic nitrogens is 1. The van der Waals surface area contributed by atoms with Crippen LogP contribution < -0.4 is 11.1 Å². The predicted octanol–water partition coefficient (Wildman–Crippen LogP) is 2.68. The number of anilines is 1. The molecule has 0 spiro atoms. The van der Waals surface area contributed by atoms with Crippen LogP contribution in [0.15, 0.2) is 48.7 Å². The molecule has 0 aliphatic heterocycles. The summed E-state index contributed by atoms with van der Waals surface area (Å²) < 4.78 is 0. The molecule has 112 valence electrons. The highest BCUT2D eigenvalue weighted by Crippen LogP contribution is 2.19. The van der Waals surface area contributed by atoms with Gasteiger partial charge in [-0.3, -0.25) is 9.78 Å². The number of hydrogen-bond acceptors (Lipinski definition) is 3. The van der Waals surface area contributed by atoms with Crippen molar-refractivity contribution >= 4 is 24.0 Å². The van der Waals surface area contributed by atoms with Crippen molar-refractivity contribution in [2.75, 3.05) is 5.73 Å². The Bertz CT molecular complexity index is 582. The number of hydrogen-bond donors (Lipinski definition) is 2. The SMILES string of the molecule is CC(C)(NC(=O)Cc1ccc(N)cn1)c1ccccc1.Cl. The fourth-order valence-corrected chi connectivity index (χ4v) is 2.02. The number of halogens is 1. The highest BCUT2D eigenvalue weighted by Gasteiger charge is 2.22. The summed E-state index contributed by atoms with van der Waals surface area (Å²) in [6, 6.07) is 13.4. The number of nitrogens with zero attached hydrogens (tertiary/aromatic N) is 1. The van der Waals surface area contributed by atoms with Crippen LogP contribution in [0.25, 0.3) is 0 Å². The van der Waals surface area contributed by atoms with Crippen LogP contribution in [0.3, 0.4) is 0 Å². The molecule has 0 bridgehead atoms. The van der Waals surface area contributed by atoms with Crippen LogP contribution in [0.2, 0.25) is 0 Å². The van der Waals surface area contributed by atoms with Crippen molar-refractivity contribution in [1.82, 2.24) is 10.3 Å². The third-order valence-electron chi connectivity index (χ3n) is 3.14. The maximum Gasteiger partial charge on any atom is 0.226 e. The van der Waals surface area contributed by atoms with Crippen LogP contribution in [-0.4, -0.2) is 10.9 Å². The zero-order valence-corrected chi connectivity index (χ0v) is 13.0. The van der Waals surface area contributed by atoms with Crippen LogP contribution in [0.4, 0.5) is 5.69 Å². The number of carbonyl (C=O) groups excluding carboxylic acids is 1. The van der Waals surface area contributed by atoms with E-state index in [0.717, 1.165) is 5.56 Å². The first-order chi connectivity index (χ1) is 9.47. The van der Waals surface area contributed by atoms with Crippen LogP contribution >= 0.6 is 12.4 Å². The number of nitrogens with one attached hydrogen (secondary N) is 1. The van der Waals surface area contributed by atoms with Crippen LogP contribution in [0.5, 0.6) is 0 Å². The molecular weight excluding hydrogens is 286 g/mol. The second-order valence-electron chi connectivity index (χ2n) is 5.30. The van der Waals surface area contributed by atoms with Crippen molar-refractivity contribution in [3.8, 4) is 0 Å². The van der Waals surface area contributed by atoms with Gasteiger partial charge in [-0.15, -0.1) is 12.4 Å². The van der Waals surface area contributed by atoms with E-state index in [2.05, 4.69) is 10.3 Å². The summed E-state index contributed by atoms with van der Waals surface area (Å²) in [5, 5.41) is 3.03. The third kappa shape index (κ3) is 4.76. The Morgan fingerprint density at radius 1 is 1.19 bits per heavy atom. The van der Waals surface area contributed by atoms with Gasteiger partial charge in [-0.25, -0.2) is 0 Å². The number of carbonyl (C=O) groups is 1. The molecule has 0 unspecified atom stereocenters. The van der Waals surface area contributed by atoms with Crippen molar-refractivity contribution in [3.63, 3.8) is 0 Å². The smallest absolute Gasteiger partial charge is 0.226 e. The summed E-state index contributed by atoms with van der Waals surface area (Å²) in [5.74, 6) is -0.0591. The Balaban J connectivity index is 0.00000220. The molecule has 5 heteroatoms. The van der Waals surface area contributed by atoms with E-state index in [9.17, 15) is 4.79 Å². The fourth-order valence-electron chi connectivity index (χ4n) is 2.02. The van der Waals surface area contributed by atoms with Crippen LogP contribution in [-0.2, 0) is 16.8 Å². The van der Waals surface area contributed by atoms with E-state index in [-0.39, 0.29) is 24.7 Å². The largest absolute Gasteiger partial charge is 0.397 e. The number of nitrogen functional groups attached to an aromatic ring is 1. The Hall–Kier alpha value is -2.07. The summed E-state index contributed by atoms with van der Waals surface area (Å²) in [6.07, 6.45) is 1.81. The molecule has 21 heavy (non-hydrogen) atoms. The Kier molecular flexibility index (Phi) is 5.73. The van der Waals surface area contributed by atoms with Gasteiger partial charge in [-0.2, -0.15) is 0 Å². The topological polar surface area (TPSA) is 68.0 Å². The molecule has 3 N–H and O–H groups in total. The monoisotopic (exact) mass is 305 g/mol. The molecule has 1 aromatic carbocycles. The standard InChI is InChI=1S/C16H19N3O.ClH/c1-16(2,12-6-4-3-5-7-12)19-15(20)10-14-9-8-13(17)11-18-14;/h3-9,11H,10,17H2,1-2H3,(H,19,20);1H. The Labute approximate surface area is 131 Å². The predicted molar refractivity (Wildman–Crippen MR) is 87.2 cm³/mol. The van der Waals surface area contributed by atoms with Gasteiger partial charge in [0.1, 0.15) is 0 Å². The van der Waals surface area contributed by atoms with E-state index in [0.29, 0.717) is 11.4 Å². The number of nitrogens with two attached hydrogens (primary N) is 1. The van der Waals surface area contributed by atoms with Gasteiger partial charge < -0.3 is 11.1 Å². The van der Waals surface area contributed by atoms with E-state index in [1.54, 1.807) is 18.3 Å². The van der Waals surface area contributed by atoms with Gasteiger partial charge in [0.05, 0.1) is 23.8 Å². The first kappa shape index (κ1) is 17.0. The number of benzene rings is 1. The maximum atomic E-state index is 12.1. The third-order valence-corrected chi connectivity index (χ3v) is 3.14. The molecule has 0 atom stereocenters. The molecule has 0 fully saturated rings. The molecule has 0 aliphatic rings. The minimum absolute atomic E-state index is 0. The molecule has 2 rings (SSSR count). The van der Waals surface area contributed by atoms with Crippen molar-refractivity contribution in [1.29, 1.82) is 0 Å².